The van der Waals surface area contributed by atoms with Crippen LogP contribution in [0.3, 0.4) is 0 Å². The first-order valence-corrected chi connectivity index (χ1v) is 7.48. The zero-order valence-electron chi connectivity index (χ0n) is 13.4. The summed E-state index contributed by atoms with van der Waals surface area (Å²) in [6.45, 7) is 6.47. The van der Waals surface area contributed by atoms with Gasteiger partial charge in [-0.3, -0.25) is 14.4 Å². The zero-order chi connectivity index (χ0) is 17.0. The van der Waals surface area contributed by atoms with Crippen LogP contribution in [0.1, 0.15) is 22.3 Å². The number of aryl methyl sites for hydroxylation is 1. The highest BCUT2D eigenvalue weighted by molar-refractivity contribution is 5.97. The second-order valence-electron chi connectivity index (χ2n) is 5.67. The minimum absolute atomic E-state index is 0.101. The number of hydrogen-bond acceptors (Lipinski definition) is 3. The summed E-state index contributed by atoms with van der Waals surface area (Å²) < 4.78 is 0. The first-order valence-electron chi connectivity index (χ1n) is 7.48. The maximum atomic E-state index is 12.1. The summed E-state index contributed by atoms with van der Waals surface area (Å²) in [4.78, 5) is 36.8. The number of benzene rings is 1. The number of nitrogens with one attached hydrogen (secondary N) is 2. The van der Waals surface area contributed by atoms with Crippen LogP contribution in [0.2, 0.25) is 0 Å². The lowest BCUT2D eigenvalue weighted by Gasteiger charge is -2.38. The first kappa shape index (κ1) is 16.7. The molecule has 0 radical (unpaired) electrons. The second-order valence-corrected chi connectivity index (χ2v) is 5.67. The standard InChI is InChI=1S/C17H21N3O3/c1-4-16(22)20-9-12(10-20)7-15(21)19-14-8-13(17(23)18-3)6-5-11(14)2/h4-6,8,12H,1,7,9-10H2,2-3H3,(H,18,23)(H,19,21). The van der Waals surface area contributed by atoms with E-state index in [0.717, 1.165) is 5.56 Å². The van der Waals surface area contributed by atoms with Gasteiger partial charge in [0, 0.05) is 43.7 Å². The molecule has 1 fully saturated rings. The molecule has 0 aliphatic carbocycles. The monoisotopic (exact) mass is 315 g/mol. The minimum Gasteiger partial charge on any atom is -0.355 e. The van der Waals surface area contributed by atoms with Crippen molar-refractivity contribution in [1.29, 1.82) is 0 Å². The van der Waals surface area contributed by atoms with E-state index in [2.05, 4.69) is 17.2 Å². The fourth-order valence-electron chi connectivity index (χ4n) is 2.51. The molecule has 3 amide bonds. The molecule has 0 atom stereocenters. The topological polar surface area (TPSA) is 78.5 Å². The van der Waals surface area contributed by atoms with Crippen LogP contribution in [-0.4, -0.2) is 42.8 Å². The van der Waals surface area contributed by atoms with E-state index in [-0.39, 0.29) is 23.6 Å². The van der Waals surface area contributed by atoms with Crippen molar-refractivity contribution < 1.29 is 14.4 Å². The number of nitrogens with zero attached hydrogens (tertiary/aromatic N) is 1. The molecule has 2 N–H and O–H groups in total. The molecule has 0 aromatic heterocycles. The average molecular weight is 315 g/mol. The highest BCUT2D eigenvalue weighted by atomic mass is 16.2. The van der Waals surface area contributed by atoms with Gasteiger partial charge in [0.1, 0.15) is 0 Å². The normalized spacial score (nSPS) is 13.9. The minimum atomic E-state index is -0.196. The Kier molecular flexibility index (Phi) is 5.16. The van der Waals surface area contributed by atoms with Crippen LogP contribution in [0, 0.1) is 12.8 Å². The molecule has 122 valence electrons. The van der Waals surface area contributed by atoms with Gasteiger partial charge in [-0.1, -0.05) is 12.6 Å². The van der Waals surface area contributed by atoms with Gasteiger partial charge >= 0.3 is 0 Å². The molecule has 1 aliphatic rings. The van der Waals surface area contributed by atoms with Crippen LogP contribution in [-0.2, 0) is 9.59 Å². The molecule has 1 aromatic carbocycles. The van der Waals surface area contributed by atoms with Crippen molar-refractivity contribution in [3.8, 4) is 0 Å². The predicted molar refractivity (Wildman–Crippen MR) is 88.1 cm³/mol. The van der Waals surface area contributed by atoms with Gasteiger partial charge in [0.2, 0.25) is 11.8 Å². The fraction of sp³-hybridized carbons (Fsp3) is 0.353. The Labute approximate surface area is 135 Å². The average Bonchev–Trinajstić information content (AvgIpc) is 2.51. The van der Waals surface area contributed by atoms with Crippen LogP contribution in [0.25, 0.3) is 0 Å². The maximum absolute atomic E-state index is 12.1. The Balaban J connectivity index is 1.92. The molecule has 0 spiro atoms. The van der Waals surface area contributed by atoms with Crippen molar-refractivity contribution in [2.45, 2.75) is 13.3 Å². The third-order valence-corrected chi connectivity index (χ3v) is 3.92. The van der Waals surface area contributed by atoms with Gasteiger partial charge < -0.3 is 15.5 Å². The van der Waals surface area contributed by atoms with Gasteiger partial charge in [-0.2, -0.15) is 0 Å². The van der Waals surface area contributed by atoms with E-state index in [1.54, 1.807) is 30.1 Å². The van der Waals surface area contributed by atoms with E-state index in [1.807, 2.05) is 6.92 Å². The molecular weight excluding hydrogens is 294 g/mol. The summed E-state index contributed by atoms with van der Waals surface area (Å²) in [6, 6.07) is 5.18. The molecule has 6 heteroatoms. The lowest BCUT2D eigenvalue weighted by atomic mass is 9.95. The molecule has 23 heavy (non-hydrogen) atoms. The predicted octanol–water partition coefficient (Wildman–Crippen LogP) is 1.33. The number of amides is 3. The maximum Gasteiger partial charge on any atom is 0.251 e. The first-order chi connectivity index (χ1) is 10.9. The number of hydrogen-bond donors (Lipinski definition) is 2. The highest BCUT2D eigenvalue weighted by Gasteiger charge is 2.30. The number of anilines is 1. The van der Waals surface area contributed by atoms with Gasteiger partial charge in [0.15, 0.2) is 0 Å². The fourth-order valence-corrected chi connectivity index (χ4v) is 2.51. The smallest absolute Gasteiger partial charge is 0.251 e. The summed E-state index contributed by atoms with van der Waals surface area (Å²) in [5.41, 5.74) is 2.03. The molecule has 0 unspecified atom stereocenters. The van der Waals surface area contributed by atoms with Gasteiger partial charge in [-0.15, -0.1) is 0 Å². The third kappa shape index (κ3) is 3.97. The van der Waals surface area contributed by atoms with E-state index in [1.165, 1.54) is 6.08 Å². The lowest BCUT2D eigenvalue weighted by Crippen LogP contribution is -2.50. The van der Waals surface area contributed by atoms with Gasteiger partial charge in [-0.25, -0.2) is 0 Å². The van der Waals surface area contributed by atoms with Crippen molar-refractivity contribution in [3.05, 3.63) is 42.0 Å². The van der Waals surface area contributed by atoms with Crippen molar-refractivity contribution in [3.63, 3.8) is 0 Å². The van der Waals surface area contributed by atoms with Crippen LogP contribution in [0.15, 0.2) is 30.9 Å². The Morgan fingerprint density at radius 2 is 2.04 bits per heavy atom. The summed E-state index contributed by atoms with van der Waals surface area (Å²) in [5.74, 6) is -0.243. The molecule has 0 saturated carbocycles. The molecule has 0 bridgehead atoms. The summed E-state index contributed by atoms with van der Waals surface area (Å²) in [6.07, 6.45) is 1.63. The summed E-state index contributed by atoms with van der Waals surface area (Å²) >= 11 is 0. The van der Waals surface area contributed by atoms with E-state index in [4.69, 9.17) is 0 Å². The largest absolute Gasteiger partial charge is 0.355 e. The Bertz CT molecular complexity index is 648. The molecule has 1 heterocycles. The van der Waals surface area contributed by atoms with Gasteiger partial charge in [-0.05, 0) is 30.7 Å². The van der Waals surface area contributed by atoms with Crippen molar-refractivity contribution in [1.82, 2.24) is 10.2 Å². The van der Waals surface area contributed by atoms with Gasteiger partial charge in [0.25, 0.3) is 5.91 Å². The number of carbonyl (C=O) groups excluding carboxylic acids is 3. The van der Waals surface area contributed by atoms with Gasteiger partial charge in [0.05, 0.1) is 0 Å². The Hall–Kier alpha value is -2.63. The molecule has 1 aromatic rings. The van der Waals surface area contributed by atoms with E-state index in [0.29, 0.717) is 30.8 Å². The second kappa shape index (κ2) is 7.09. The van der Waals surface area contributed by atoms with Crippen molar-refractivity contribution in [2.24, 2.45) is 5.92 Å². The number of rotatable bonds is 5. The van der Waals surface area contributed by atoms with Crippen LogP contribution in [0.5, 0.6) is 0 Å². The number of likely N-dealkylation sites (tertiary alicyclic amines) is 1. The Morgan fingerprint density at radius 3 is 2.65 bits per heavy atom. The molecule has 1 saturated heterocycles. The van der Waals surface area contributed by atoms with E-state index >= 15 is 0 Å². The zero-order valence-corrected chi connectivity index (χ0v) is 13.4. The van der Waals surface area contributed by atoms with Crippen molar-refractivity contribution >= 4 is 23.4 Å². The molecule has 2 rings (SSSR count). The van der Waals surface area contributed by atoms with Crippen LogP contribution >= 0.6 is 0 Å². The van der Waals surface area contributed by atoms with Crippen LogP contribution in [0.4, 0.5) is 5.69 Å². The SMILES string of the molecule is C=CC(=O)N1CC(CC(=O)Nc2cc(C(=O)NC)ccc2C)C1. The summed E-state index contributed by atoms with van der Waals surface area (Å²) in [7, 11) is 1.56. The molecule has 6 nitrogen and oxygen atoms in total. The highest BCUT2D eigenvalue weighted by Crippen LogP contribution is 2.22. The Morgan fingerprint density at radius 1 is 1.35 bits per heavy atom. The summed E-state index contributed by atoms with van der Waals surface area (Å²) in [5, 5.41) is 5.40. The third-order valence-electron chi connectivity index (χ3n) is 3.92. The molecule has 1 aliphatic heterocycles. The van der Waals surface area contributed by atoms with E-state index < -0.39 is 0 Å². The van der Waals surface area contributed by atoms with Crippen LogP contribution < -0.4 is 10.6 Å². The quantitative estimate of drug-likeness (QED) is 0.805. The van der Waals surface area contributed by atoms with E-state index in [9.17, 15) is 14.4 Å². The lowest BCUT2D eigenvalue weighted by molar-refractivity contribution is -0.134. The van der Waals surface area contributed by atoms with Crippen molar-refractivity contribution in [2.75, 3.05) is 25.5 Å². The molecular formula is C17H21N3O3. The number of carbonyl (C=O) groups is 3.